The Morgan fingerprint density at radius 1 is 1.61 bits per heavy atom. The summed E-state index contributed by atoms with van der Waals surface area (Å²) < 4.78 is 10.2. The van der Waals surface area contributed by atoms with E-state index in [0.29, 0.717) is 18.3 Å². The van der Waals surface area contributed by atoms with Gasteiger partial charge >= 0.3 is 5.97 Å². The van der Waals surface area contributed by atoms with Crippen molar-refractivity contribution in [2.75, 3.05) is 26.8 Å². The standard InChI is InChI=1S/C13H18N2O3/c1-17-13(16)12-8-11(3-6-15-12)18-7-4-10-2-5-14-9-10/h3,6,8,10,14H,2,4-5,7,9H2,1H3. The van der Waals surface area contributed by atoms with Crippen molar-refractivity contribution < 1.29 is 14.3 Å². The molecule has 0 aliphatic carbocycles. The molecule has 0 amide bonds. The minimum Gasteiger partial charge on any atom is -0.493 e. The molecule has 1 fully saturated rings. The van der Waals surface area contributed by atoms with Crippen LogP contribution >= 0.6 is 0 Å². The number of ether oxygens (including phenoxy) is 2. The van der Waals surface area contributed by atoms with E-state index in [0.717, 1.165) is 19.5 Å². The molecule has 18 heavy (non-hydrogen) atoms. The summed E-state index contributed by atoms with van der Waals surface area (Å²) in [6.07, 6.45) is 3.80. The number of methoxy groups -OCH3 is 1. The molecule has 1 saturated heterocycles. The van der Waals surface area contributed by atoms with Gasteiger partial charge in [-0.3, -0.25) is 0 Å². The highest BCUT2D eigenvalue weighted by molar-refractivity contribution is 5.87. The third kappa shape index (κ3) is 3.43. The van der Waals surface area contributed by atoms with Crippen LogP contribution in [-0.2, 0) is 4.74 Å². The number of carbonyl (C=O) groups excluding carboxylic acids is 1. The first-order valence-electron chi connectivity index (χ1n) is 6.17. The van der Waals surface area contributed by atoms with Gasteiger partial charge < -0.3 is 14.8 Å². The van der Waals surface area contributed by atoms with E-state index in [4.69, 9.17) is 4.74 Å². The maximum absolute atomic E-state index is 11.3. The molecule has 1 aromatic heterocycles. The second-order valence-corrected chi connectivity index (χ2v) is 4.36. The third-order valence-corrected chi connectivity index (χ3v) is 3.08. The third-order valence-electron chi connectivity index (χ3n) is 3.08. The minimum absolute atomic E-state index is 0.275. The Labute approximate surface area is 107 Å². The monoisotopic (exact) mass is 250 g/mol. The molecule has 1 N–H and O–H groups in total. The van der Waals surface area contributed by atoms with Gasteiger partial charge in [-0.25, -0.2) is 9.78 Å². The molecule has 0 spiro atoms. The molecule has 0 radical (unpaired) electrons. The van der Waals surface area contributed by atoms with Crippen LogP contribution in [0.2, 0.25) is 0 Å². The first-order valence-corrected chi connectivity index (χ1v) is 6.17. The molecule has 5 nitrogen and oxygen atoms in total. The van der Waals surface area contributed by atoms with E-state index >= 15 is 0 Å². The molecule has 5 heteroatoms. The zero-order chi connectivity index (χ0) is 12.8. The average Bonchev–Trinajstić information content (AvgIpc) is 2.91. The van der Waals surface area contributed by atoms with Crippen molar-refractivity contribution in [3.8, 4) is 5.75 Å². The summed E-state index contributed by atoms with van der Waals surface area (Å²) in [6.45, 7) is 2.84. The Balaban J connectivity index is 1.83. The molecule has 1 unspecified atom stereocenters. The van der Waals surface area contributed by atoms with Crippen molar-refractivity contribution in [3.05, 3.63) is 24.0 Å². The number of carbonyl (C=O) groups is 1. The summed E-state index contributed by atoms with van der Waals surface area (Å²) >= 11 is 0. The van der Waals surface area contributed by atoms with Crippen LogP contribution in [0, 0.1) is 5.92 Å². The van der Waals surface area contributed by atoms with Crippen molar-refractivity contribution in [3.63, 3.8) is 0 Å². The van der Waals surface area contributed by atoms with E-state index < -0.39 is 5.97 Å². The SMILES string of the molecule is COC(=O)c1cc(OCCC2CCNC2)ccn1. The largest absolute Gasteiger partial charge is 0.493 e. The lowest BCUT2D eigenvalue weighted by atomic mass is 10.1. The molecule has 0 saturated carbocycles. The molecule has 2 heterocycles. The van der Waals surface area contributed by atoms with Crippen LogP contribution in [0.3, 0.4) is 0 Å². The van der Waals surface area contributed by atoms with Crippen LogP contribution in [-0.4, -0.2) is 37.8 Å². The second-order valence-electron chi connectivity index (χ2n) is 4.36. The van der Waals surface area contributed by atoms with Crippen LogP contribution in [0.25, 0.3) is 0 Å². The lowest BCUT2D eigenvalue weighted by Gasteiger charge is -2.10. The van der Waals surface area contributed by atoms with Gasteiger partial charge in [0.05, 0.1) is 13.7 Å². The number of nitrogens with one attached hydrogen (secondary N) is 1. The molecule has 2 rings (SSSR count). The first-order chi connectivity index (χ1) is 8.79. The highest BCUT2D eigenvalue weighted by Gasteiger charge is 2.14. The lowest BCUT2D eigenvalue weighted by Crippen LogP contribution is -2.12. The highest BCUT2D eigenvalue weighted by Crippen LogP contribution is 2.15. The van der Waals surface area contributed by atoms with E-state index in [1.165, 1.54) is 13.5 Å². The highest BCUT2D eigenvalue weighted by atomic mass is 16.5. The van der Waals surface area contributed by atoms with Gasteiger partial charge in [-0.2, -0.15) is 0 Å². The maximum Gasteiger partial charge on any atom is 0.356 e. The number of rotatable bonds is 5. The number of aromatic nitrogens is 1. The number of hydrogen-bond donors (Lipinski definition) is 1. The molecule has 1 aliphatic heterocycles. The van der Waals surface area contributed by atoms with E-state index in [1.54, 1.807) is 18.3 Å². The number of hydrogen-bond acceptors (Lipinski definition) is 5. The van der Waals surface area contributed by atoms with Gasteiger partial charge in [0, 0.05) is 12.3 Å². The summed E-state index contributed by atoms with van der Waals surface area (Å²) in [5.74, 6) is 0.920. The molecular formula is C13H18N2O3. The van der Waals surface area contributed by atoms with Crippen LogP contribution in [0.1, 0.15) is 23.3 Å². The van der Waals surface area contributed by atoms with E-state index in [-0.39, 0.29) is 5.69 Å². The normalized spacial score (nSPS) is 18.6. The Hall–Kier alpha value is -1.62. The zero-order valence-corrected chi connectivity index (χ0v) is 10.5. The second kappa shape index (κ2) is 6.35. The van der Waals surface area contributed by atoms with Gasteiger partial charge in [-0.05, 0) is 37.9 Å². The fourth-order valence-corrected chi connectivity index (χ4v) is 2.02. The fourth-order valence-electron chi connectivity index (χ4n) is 2.02. The predicted molar refractivity (Wildman–Crippen MR) is 66.7 cm³/mol. The Morgan fingerprint density at radius 2 is 2.50 bits per heavy atom. The van der Waals surface area contributed by atoms with Gasteiger partial charge in [0.15, 0.2) is 5.69 Å². The van der Waals surface area contributed by atoms with Crippen LogP contribution in [0.4, 0.5) is 0 Å². The van der Waals surface area contributed by atoms with Gasteiger partial charge in [-0.1, -0.05) is 0 Å². The first kappa shape index (κ1) is 12.8. The number of nitrogens with zero attached hydrogens (tertiary/aromatic N) is 1. The van der Waals surface area contributed by atoms with E-state index in [1.807, 2.05) is 0 Å². The smallest absolute Gasteiger partial charge is 0.356 e. The summed E-state index contributed by atoms with van der Waals surface area (Å²) in [4.78, 5) is 15.2. The topological polar surface area (TPSA) is 60.5 Å². The van der Waals surface area contributed by atoms with Gasteiger partial charge in [0.1, 0.15) is 5.75 Å². The summed E-state index contributed by atoms with van der Waals surface area (Å²) in [5.41, 5.74) is 0.275. The lowest BCUT2D eigenvalue weighted by molar-refractivity contribution is 0.0593. The molecule has 0 aromatic carbocycles. The molecule has 1 atom stereocenters. The van der Waals surface area contributed by atoms with Crippen molar-refractivity contribution >= 4 is 5.97 Å². The Kier molecular flexibility index (Phi) is 4.52. The molecule has 1 aliphatic rings. The Bertz CT molecular complexity index is 403. The Morgan fingerprint density at radius 3 is 3.22 bits per heavy atom. The van der Waals surface area contributed by atoms with Crippen molar-refractivity contribution in [2.45, 2.75) is 12.8 Å². The minimum atomic E-state index is -0.444. The molecular weight excluding hydrogens is 232 g/mol. The van der Waals surface area contributed by atoms with Crippen molar-refractivity contribution in [1.29, 1.82) is 0 Å². The molecule has 98 valence electrons. The molecule has 1 aromatic rings. The average molecular weight is 250 g/mol. The number of esters is 1. The van der Waals surface area contributed by atoms with Gasteiger partial charge in [-0.15, -0.1) is 0 Å². The van der Waals surface area contributed by atoms with Gasteiger partial charge in [0.2, 0.25) is 0 Å². The number of pyridine rings is 1. The van der Waals surface area contributed by atoms with Crippen molar-refractivity contribution in [1.82, 2.24) is 10.3 Å². The van der Waals surface area contributed by atoms with E-state index in [2.05, 4.69) is 15.0 Å². The van der Waals surface area contributed by atoms with Crippen LogP contribution < -0.4 is 10.1 Å². The van der Waals surface area contributed by atoms with E-state index in [9.17, 15) is 4.79 Å². The fraction of sp³-hybridized carbons (Fsp3) is 0.538. The van der Waals surface area contributed by atoms with Crippen molar-refractivity contribution in [2.24, 2.45) is 5.92 Å². The summed E-state index contributed by atoms with van der Waals surface area (Å²) in [5, 5.41) is 3.33. The van der Waals surface area contributed by atoms with Crippen LogP contribution in [0.15, 0.2) is 18.3 Å². The predicted octanol–water partition coefficient (Wildman–Crippen LogP) is 1.25. The zero-order valence-electron chi connectivity index (χ0n) is 10.5. The summed E-state index contributed by atoms with van der Waals surface area (Å²) in [7, 11) is 1.34. The van der Waals surface area contributed by atoms with Crippen LogP contribution in [0.5, 0.6) is 5.75 Å². The summed E-state index contributed by atoms with van der Waals surface area (Å²) in [6, 6.07) is 3.36. The molecule has 0 bridgehead atoms. The maximum atomic E-state index is 11.3. The quantitative estimate of drug-likeness (QED) is 0.797. The van der Waals surface area contributed by atoms with Gasteiger partial charge in [0.25, 0.3) is 0 Å².